The Morgan fingerprint density at radius 1 is 0.968 bits per heavy atom. The van der Waals surface area contributed by atoms with Crippen molar-refractivity contribution in [3.63, 3.8) is 0 Å². The third kappa shape index (κ3) is 3.00. The Bertz CT molecular complexity index is 1530. The highest BCUT2D eigenvalue weighted by atomic mass is 19.1. The van der Waals surface area contributed by atoms with E-state index in [1.807, 2.05) is 6.92 Å². The number of hydrogen-bond donors (Lipinski definition) is 0. The molecule has 0 saturated carbocycles. The summed E-state index contributed by atoms with van der Waals surface area (Å²) in [7, 11) is 0. The molecule has 5 aromatic rings. The van der Waals surface area contributed by atoms with E-state index < -0.39 is 0 Å². The Kier molecular flexibility index (Phi) is 4.21. The Labute approximate surface area is 175 Å². The number of nitrogens with zero attached hydrogens (tertiary/aromatic N) is 5. The maximum atomic E-state index is 13.3. The van der Waals surface area contributed by atoms with Gasteiger partial charge >= 0.3 is 0 Å². The number of ketones is 1. The summed E-state index contributed by atoms with van der Waals surface area (Å²) < 4.78 is 16.4. The predicted molar refractivity (Wildman–Crippen MR) is 114 cm³/mol. The molecule has 0 aliphatic heterocycles. The molecular weight excluding hydrogens is 397 g/mol. The standard InChI is InChI=1S/C23H16FN5O2/c1-13-20(16-3-7-17(24)8-4-16)22-26-25-21-19(29(22)27-13)11-12-28(23(21)31)18-9-5-15(6-10-18)14(2)30/h3-12H,1-2H3. The van der Waals surface area contributed by atoms with Crippen molar-refractivity contribution < 1.29 is 9.18 Å². The highest BCUT2D eigenvalue weighted by Crippen LogP contribution is 2.28. The van der Waals surface area contributed by atoms with Crippen LogP contribution in [0.25, 0.3) is 33.5 Å². The minimum absolute atomic E-state index is 0.0447. The van der Waals surface area contributed by atoms with Crippen LogP contribution in [0.1, 0.15) is 23.0 Å². The molecule has 5 rings (SSSR count). The summed E-state index contributed by atoms with van der Waals surface area (Å²) in [5.74, 6) is -0.372. The number of aryl methyl sites for hydroxylation is 1. The van der Waals surface area contributed by atoms with Gasteiger partial charge in [-0.3, -0.25) is 14.2 Å². The number of benzene rings is 2. The number of hydrogen-bond acceptors (Lipinski definition) is 5. The fraction of sp³-hybridized carbons (Fsp3) is 0.0870. The predicted octanol–water partition coefficient (Wildman–Crippen LogP) is 3.75. The lowest BCUT2D eigenvalue weighted by Crippen LogP contribution is -2.20. The van der Waals surface area contributed by atoms with E-state index in [4.69, 9.17) is 0 Å². The summed E-state index contributed by atoms with van der Waals surface area (Å²) in [6, 6.07) is 14.6. The molecule has 0 fully saturated rings. The van der Waals surface area contributed by atoms with Crippen LogP contribution >= 0.6 is 0 Å². The van der Waals surface area contributed by atoms with Crippen molar-refractivity contribution in [3.8, 4) is 16.8 Å². The molecular formula is C23H16FN5O2. The summed E-state index contributed by atoms with van der Waals surface area (Å²) in [6.45, 7) is 3.32. The van der Waals surface area contributed by atoms with Gasteiger partial charge in [0.25, 0.3) is 5.56 Å². The molecule has 0 atom stereocenters. The maximum Gasteiger partial charge on any atom is 0.285 e. The number of Topliss-reactive ketones (excluding diaryl/α,β-unsaturated/α-hetero) is 1. The Balaban J connectivity index is 1.69. The smallest absolute Gasteiger partial charge is 0.285 e. The van der Waals surface area contributed by atoms with Gasteiger partial charge in [0.2, 0.25) is 0 Å². The fourth-order valence-electron chi connectivity index (χ4n) is 3.67. The van der Waals surface area contributed by atoms with Crippen LogP contribution in [0.2, 0.25) is 0 Å². The molecule has 31 heavy (non-hydrogen) atoms. The molecule has 0 N–H and O–H groups in total. The van der Waals surface area contributed by atoms with Crippen molar-refractivity contribution in [2.75, 3.05) is 0 Å². The van der Waals surface area contributed by atoms with E-state index in [0.717, 1.165) is 11.1 Å². The monoisotopic (exact) mass is 413 g/mol. The van der Waals surface area contributed by atoms with Crippen LogP contribution in [0, 0.1) is 12.7 Å². The summed E-state index contributed by atoms with van der Waals surface area (Å²) in [4.78, 5) is 24.6. The third-order valence-electron chi connectivity index (χ3n) is 5.24. The molecule has 8 heteroatoms. The summed E-state index contributed by atoms with van der Waals surface area (Å²) in [6.07, 6.45) is 1.64. The van der Waals surface area contributed by atoms with Gasteiger partial charge in [-0.2, -0.15) is 5.10 Å². The van der Waals surface area contributed by atoms with Gasteiger partial charge in [0.05, 0.1) is 11.3 Å². The second-order valence-corrected chi connectivity index (χ2v) is 7.23. The molecule has 0 radical (unpaired) electrons. The van der Waals surface area contributed by atoms with Gasteiger partial charge in [0.15, 0.2) is 16.9 Å². The van der Waals surface area contributed by atoms with Crippen molar-refractivity contribution in [2.24, 2.45) is 0 Å². The zero-order valence-electron chi connectivity index (χ0n) is 16.7. The van der Waals surface area contributed by atoms with Crippen molar-refractivity contribution in [1.82, 2.24) is 24.4 Å². The zero-order chi connectivity index (χ0) is 21.7. The average molecular weight is 413 g/mol. The molecule has 0 bridgehead atoms. The van der Waals surface area contributed by atoms with Crippen LogP contribution in [-0.4, -0.2) is 30.2 Å². The van der Waals surface area contributed by atoms with Crippen LogP contribution in [-0.2, 0) is 0 Å². The molecule has 7 nitrogen and oxygen atoms in total. The van der Waals surface area contributed by atoms with E-state index in [9.17, 15) is 14.0 Å². The summed E-state index contributed by atoms with van der Waals surface area (Å²) in [5.41, 5.74) is 4.19. The Hall–Kier alpha value is -4.20. The van der Waals surface area contributed by atoms with E-state index in [1.54, 1.807) is 53.2 Å². The SMILES string of the molecule is CC(=O)c1ccc(-n2ccc3c(nnc4c(-c5ccc(F)cc5)c(C)nn43)c2=O)cc1. The van der Waals surface area contributed by atoms with Crippen LogP contribution in [0.5, 0.6) is 0 Å². The Morgan fingerprint density at radius 2 is 1.68 bits per heavy atom. The van der Waals surface area contributed by atoms with Crippen molar-refractivity contribution >= 4 is 22.5 Å². The minimum atomic E-state index is -0.348. The first-order chi connectivity index (χ1) is 14.9. The average Bonchev–Trinajstić information content (AvgIpc) is 3.11. The largest absolute Gasteiger partial charge is 0.295 e. The van der Waals surface area contributed by atoms with Gasteiger partial charge in [-0.1, -0.05) is 12.1 Å². The number of fused-ring (bicyclic) bond motifs is 3. The molecule has 0 spiro atoms. The molecule has 0 aliphatic rings. The van der Waals surface area contributed by atoms with Gasteiger partial charge in [0, 0.05) is 17.4 Å². The lowest BCUT2D eigenvalue weighted by atomic mass is 10.1. The first-order valence-corrected chi connectivity index (χ1v) is 9.59. The quantitative estimate of drug-likeness (QED) is 0.421. The maximum absolute atomic E-state index is 13.3. The molecule has 0 saturated heterocycles. The molecule has 152 valence electrons. The van der Waals surface area contributed by atoms with E-state index >= 15 is 0 Å². The van der Waals surface area contributed by atoms with Crippen LogP contribution < -0.4 is 5.56 Å². The second-order valence-electron chi connectivity index (χ2n) is 7.23. The van der Waals surface area contributed by atoms with Gasteiger partial charge in [-0.25, -0.2) is 8.91 Å². The van der Waals surface area contributed by atoms with Crippen molar-refractivity contribution in [1.29, 1.82) is 0 Å². The lowest BCUT2D eigenvalue weighted by Gasteiger charge is -2.08. The normalized spacial score (nSPS) is 11.3. The third-order valence-corrected chi connectivity index (χ3v) is 5.24. The van der Waals surface area contributed by atoms with Gasteiger partial charge in [-0.05, 0) is 61.9 Å². The second kappa shape index (κ2) is 6.94. The van der Waals surface area contributed by atoms with E-state index in [0.29, 0.717) is 28.1 Å². The lowest BCUT2D eigenvalue weighted by molar-refractivity contribution is 0.101. The van der Waals surface area contributed by atoms with E-state index in [1.165, 1.54) is 23.6 Å². The zero-order valence-corrected chi connectivity index (χ0v) is 16.7. The van der Waals surface area contributed by atoms with Crippen LogP contribution in [0.3, 0.4) is 0 Å². The van der Waals surface area contributed by atoms with Gasteiger partial charge < -0.3 is 0 Å². The van der Waals surface area contributed by atoms with Crippen molar-refractivity contribution in [2.45, 2.75) is 13.8 Å². The molecule has 2 aromatic carbocycles. The summed E-state index contributed by atoms with van der Waals surface area (Å²) in [5, 5.41) is 13.0. The highest BCUT2D eigenvalue weighted by molar-refractivity contribution is 5.94. The van der Waals surface area contributed by atoms with Crippen molar-refractivity contribution in [3.05, 3.63) is 88.2 Å². The van der Waals surface area contributed by atoms with E-state index in [-0.39, 0.29) is 22.7 Å². The number of aromatic nitrogens is 5. The fourth-order valence-corrected chi connectivity index (χ4v) is 3.67. The molecule has 3 aromatic heterocycles. The molecule has 0 aliphatic carbocycles. The van der Waals surface area contributed by atoms with Crippen LogP contribution in [0.4, 0.5) is 4.39 Å². The topological polar surface area (TPSA) is 82.2 Å². The van der Waals surface area contributed by atoms with E-state index in [2.05, 4.69) is 15.3 Å². The number of rotatable bonds is 3. The first kappa shape index (κ1) is 18.8. The number of pyridine rings is 1. The molecule has 3 heterocycles. The molecule has 0 unspecified atom stereocenters. The van der Waals surface area contributed by atoms with Crippen LogP contribution in [0.15, 0.2) is 65.6 Å². The molecule has 0 amide bonds. The van der Waals surface area contributed by atoms with Gasteiger partial charge in [0.1, 0.15) is 11.3 Å². The summed E-state index contributed by atoms with van der Waals surface area (Å²) >= 11 is 0. The number of carbonyl (C=O) groups is 1. The van der Waals surface area contributed by atoms with Gasteiger partial charge in [-0.15, -0.1) is 10.2 Å². The Morgan fingerprint density at radius 3 is 2.35 bits per heavy atom. The number of carbonyl (C=O) groups excluding carboxylic acids is 1. The minimum Gasteiger partial charge on any atom is -0.295 e. The first-order valence-electron chi connectivity index (χ1n) is 9.59. The number of halogens is 1. The highest BCUT2D eigenvalue weighted by Gasteiger charge is 2.18.